The van der Waals surface area contributed by atoms with E-state index in [1.807, 2.05) is 0 Å². The second-order valence-corrected chi connectivity index (χ2v) is 5.02. The lowest BCUT2D eigenvalue weighted by Gasteiger charge is -2.39. The van der Waals surface area contributed by atoms with Gasteiger partial charge in [-0.1, -0.05) is 12.2 Å². The van der Waals surface area contributed by atoms with Crippen molar-refractivity contribution in [2.75, 3.05) is 13.2 Å². The highest BCUT2D eigenvalue weighted by Gasteiger charge is 2.62. The first-order valence-corrected chi connectivity index (χ1v) is 6.25. The van der Waals surface area contributed by atoms with E-state index < -0.39 is 5.79 Å². The number of ether oxygens (including phenoxy) is 2. The zero-order valence-electron chi connectivity index (χ0n) is 9.54. The van der Waals surface area contributed by atoms with E-state index in [1.54, 1.807) is 0 Å². The van der Waals surface area contributed by atoms with Crippen LogP contribution < -0.4 is 0 Å². The highest BCUT2D eigenvalue weighted by molar-refractivity contribution is 5.87. The van der Waals surface area contributed by atoms with Gasteiger partial charge < -0.3 is 9.47 Å². The monoisotopic (exact) mass is 222 g/mol. The molecule has 3 aliphatic rings. The molecule has 0 N–H and O–H groups in total. The van der Waals surface area contributed by atoms with Gasteiger partial charge in [-0.15, -0.1) is 0 Å². The predicted octanol–water partition coefficient (Wildman–Crippen LogP) is 2.21. The Morgan fingerprint density at radius 2 is 1.94 bits per heavy atom. The van der Waals surface area contributed by atoms with Crippen molar-refractivity contribution in [2.24, 2.45) is 5.41 Å². The molecule has 2 spiro atoms. The third-order valence-corrected chi connectivity index (χ3v) is 4.30. The fourth-order valence-electron chi connectivity index (χ4n) is 3.51. The van der Waals surface area contributed by atoms with Crippen molar-refractivity contribution >= 4 is 5.78 Å². The van der Waals surface area contributed by atoms with Gasteiger partial charge in [-0.05, 0) is 25.7 Å². The summed E-state index contributed by atoms with van der Waals surface area (Å²) in [7, 11) is 0. The van der Waals surface area contributed by atoms with Crippen LogP contribution in [-0.4, -0.2) is 24.8 Å². The average Bonchev–Trinajstić information content (AvgIpc) is 2.84. The van der Waals surface area contributed by atoms with Gasteiger partial charge in [-0.2, -0.15) is 0 Å². The SMILES string of the molecule is O=C1CCC=CC[C@@]12CCCC21OCCO1. The first-order chi connectivity index (χ1) is 7.79. The fourth-order valence-corrected chi connectivity index (χ4v) is 3.51. The van der Waals surface area contributed by atoms with E-state index in [0.29, 0.717) is 25.4 Å². The summed E-state index contributed by atoms with van der Waals surface area (Å²) in [6, 6.07) is 0. The van der Waals surface area contributed by atoms with Crippen molar-refractivity contribution in [3.63, 3.8) is 0 Å². The minimum Gasteiger partial charge on any atom is -0.346 e. The van der Waals surface area contributed by atoms with Crippen molar-refractivity contribution in [3.05, 3.63) is 12.2 Å². The van der Waals surface area contributed by atoms with Gasteiger partial charge in [0.2, 0.25) is 0 Å². The van der Waals surface area contributed by atoms with Gasteiger partial charge in [0.15, 0.2) is 5.79 Å². The number of hydrogen-bond donors (Lipinski definition) is 0. The zero-order valence-corrected chi connectivity index (χ0v) is 9.54. The summed E-state index contributed by atoms with van der Waals surface area (Å²) in [4.78, 5) is 12.4. The van der Waals surface area contributed by atoms with Crippen molar-refractivity contribution in [1.82, 2.24) is 0 Å². The zero-order chi connectivity index (χ0) is 11.1. The molecule has 2 aliphatic carbocycles. The molecule has 1 aliphatic heterocycles. The molecular formula is C13H18O3. The molecule has 1 saturated heterocycles. The van der Waals surface area contributed by atoms with E-state index >= 15 is 0 Å². The van der Waals surface area contributed by atoms with Crippen molar-refractivity contribution in [1.29, 1.82) is 0 Å². The topological polar surface area (TPSA) is 35.5 Å². The molecule has 88 valence electrons. The number of rotatable bonds is 0. The van der Waals surface area contributed by atoms with Crippen LogP contribution in [0.4, 0.5) is 0 Å². The molecule has 16 heavy (non-hydrogen) atoms. The van der Waals surface area contributed by atoms with Crippen molar-refractivity contribution in [3.8, 4) is 0 Å². The van der Waals surface area contributed by atoms with Gasteiger partial charge in [-0.3, -0.25) is 4.79 Å². The van der Waals surface area contributed by atoms with Crippen LogP contribution in [0, 0.1) is 5.41 Å². The summed E-state index contributed by atoms with van der Waals surface area (Å²) in [5.74, 6) is -0.240. The smallest absolute Gasteiger partial charge is 0.181 e. The lowest BCUT2D eigenvalue weighted by Crippen LogP contribution is -2.49. The van der Waals surface area contributed by atoms with Gasteiger partial charge in [0.05, 0.1) is 18.6 Å². The van der Waals surface area contributed by atoms with Crippen molar-refractivity contribution < 1.29 is 14.3 Å². The van der Waals surface area contributed by atoms with Gasteiger partial charge in [0, 0.05) is 12.8 Å². The minimum absolute atomic E-state index is 0.344. The molecule has 1 saturated carbocycles. The summed E-state index contributed by atoms with van der Waals surface area (Å²) >= 11 is 0. The number of Topliss-reactive ketones (excluding diaryl/α,β-unsaturated/α-hetero) is 1. The second-order valence-electron chi connectivity index (χ2n) is 5.02. The van der Waals surface area contributed by atoms with Crippen LogP contribution >= 0.6 is 0 Å². The molecular weight excluding hydrogens is 204 g/mol. The van der Waals surface area contributed by atoms with Crippen LogP contribution in [-0.2, 0) is 14.3 Å². The van der Waals surface area contributed by atoms with Crippen LogP contribution in [0.2, 0.25) is 0 Å². The number of ketones is 1. The Bertz CT molecular complexity index is 323. The van der Waals surface area contributed by atoms with Gasteiger partial charge >= 0.3 is 0 Å². The van der Waals surface area contributed by atoms with Gasteiger partial charge in [0.1, 0.15) is 5.78 Å². The Kier molecular flexibility index (Phi) is 2.41. The van der Waals surface area contributed by atoms with Gasteiger partial charge in [-0.25, -0.2) is 0 Å². The normalized spacial score (nSPS) is 37.4. The number of hydrogen-bond acceptors (Lipinski definition) is 3. The molecule has 3 nitrogen and oxygen atoms in total. The fraction of sp³-hybridized carbons (Fsp3) is 0.769. The molecule has 0 aromatic carbocycles. The number of fused-ring (bicyclic) bond motifs is 1. The Morgan fingerprint density at radius 3 is 2.75 bits per heavy atom. The van der Waals surface area contributed by atoms with E-state index in [4.69, 9.17) is 9.47 Å². The maximum Gasteiger partial charge on any atom is 0.181 e. The second kappa shape index (κ2) is 3.67. The lowest BCUT2D eigenvalue weighted by atomic mass is 9.74. The van der Waals surface area contributed by atoms with E-state index in [9.17, 15) is 4.79 Å². The summed E-state index contributed by atoms with van der Waals surface area (Å²) in [5, 5.41) is 0. The molecule has 3 heteroatoms. The first kappa shape index (κ1) is 10.5. The summed E-state index contributed by atoms with van der Waals surface area (Å²) < 4.78 is 11.7. The summed E-state index contributed by atoms with van der Waals surface area (Å²) in [5.41, 5.74) is -0.378. The maximum atomic E-state index is 12.4. The molecule has 1 heterocycles. The highest BCUT2D eigenvalue weighted by Crippen LogP contribution is 2.55. The lowest BCUT2D eigenvalue weighted by molar-refractivity contribution is -0.218. The Hall–Kier alpha value is -0.670. The molecule has 0 bridgehead atoms. The summed E-state index contributed by atoms with van der Waals surface area (Å²) in [6.07, 6.45) is 9.42. The number of carbonyl (C=O) groups excluding carboxylic acids is 1. The average molecular weight is 222 g/mol. The largest absolute Gasteiger partial charge is 0.346 e. The predicted molar refractivity (Wildman–Crippen MR) is 58.9 cm³/mol. The Morgan fingerprint density at radius 1 is 1.12 bits per heavy atom. The van der Waals surface area contributed by atoms with E-state index in [-0.39, 0.29) is 5.41 Å². The summed E-state index contributed by atoms with van der Waals surface area (Å²) in [6.45, 7) is 1.28. The molecule has 0 radical (unpaired) electrons. The highest BCUT2D eigenvalue weighted by atomic mass is 16.7. The van der Waals surface area contributed by atoms with E-state index in [1.165, 1.54) is 0 Å². The number of carbonyl (C=O) groups is 1. The molecule has 0 aromatic rings. The van der Waals surface area contributed by atoms with E-state index in [0.717, 1.165) is 32.1 Å². The molecule has 0 unspecified atom stereocenters. The third-order valence-electron chi connectivity index (χ3n) is 4.30. The Labute approximate surface area is 95.8 Å². The Balaban J connectivity index is 2.00. The molecule has 0 amide bonds. The van der Waals surface area contributed by atoms with Crippen LogP contribution in [0.25, 0.3) is 0 Å². The molecule has 2 fully saturated rings. The van der Waals surface area contributed by atoms with Crippen LogP contribution in [0.5, 0.6) is 0 Å². The van der Waals surface area contributed by atoms with Gasteiger partial charge in [0.25, 0.3) is 0 Å². The number of allylic oxidation sites excluding steroid dienone is 2. The molecule has 1 atom stereocenters. The first-order valence-electron chi connectivity index (χ1n) is 6.25. The van der Waals surface area contributed by atoms with Crippen LogP contribution in [0.15, 0.2) is 12.2 Å². The van der Waals surface area contributed by atoms with E-state index in [2.05, 4.69) is 12.2 Å². The van der Waals surface area contributed by atoms with Crippen LogP contribution in [0.3, 0.4) is 0 Å². The van der Waals surface area contributed by atoms with Crippen molar-refractivity contribution in [2.45, 2.75) is 44.3 Å². The van der Waals surface area contributed by atoms with Crippen LogP contribution in [0.1, 0.15) is 38.5 Å². The maximum absolute atomic E-state index is 12.4. The standard InChI is InChI=1S/C13H18O3/c14-11-5-2-1-3-6-12(11)7-4-8-13(12)15-9-10-16-13/h1,3H,2,4-10H2/t12-/m1/s1. The molecule has 0 aromatic heterocycles. The quantitative estimate of drug-likeness (QED) is 0.589. The minimum atomic E-state index is -0.585. The third kappa shape index (κ3) is 1.25. The molecule has 3 rings (SSSR count).